The van der Waals surface area contributed by atoms with E-state index in [0.717, 1.165) is 11.1 Å². The summed E-state index contributed by atoms with van der Waals surface area (Å²) in [6.07, 6.45) is 4.37. The highest BCUT2D eigenvalue weighted by atomic mass is 16.6. The summed E-state index contributed by atoms with van der Waals surface area (Å²) in [4.78, 5) is 38.2. The van der Waals surface area contributed by atoms with Crippen molar-refractivity contribution in [3.05, 3.63) is 34.9 Å². The van der Waals surface area contributed by atoms with Crippen LogP contribution in [0, 0.1) is 28.6 Å². The summed E-state index contributed by atoms with van der Waals surface area (Å²) in [6, 6.07) is 0. The summed E-state index contributed by atoms with van der Waals surface area (Å²) < 4.78 is 11.9. The monoisotopic (exact) mass is 414 g/mol. The van der Waals surface area contributed by atoms with Crippen LogP contribution in [0.1, 0.15) is 61.8 Å². The van der Waals surface area contributed by atoms with Gasteiger partial charge in [-0.1, -0.05) is 38.0 Å². The molecule has 0 aromatic heterocycles. The molecule has 0 aliphatic heterocycles. The summed E-state index contributed by atoms with van der Waals surface area (Å²) >= 11 is 0. The third-order valence-corrected chi connectivity index (χ3v) is 7.71. The Hall–Kier alpha value is -2.17. The average molecular weight is 415 g/mol. The number of fused-ring (bicyclic) bond motifs is 1. The topological polar surface area (TPSA) is 69.7 Å². The first kappa shape index (κ1) is 22.5. The molecule has 3 aliphatic rings. The highest BCUT2D eigenvalue weighted by molar-refractivity contribution is 5.97. The van der Waals surface area contributed by atoms with Gasteiger partial charge in [-0.05, 0) is 52.5 Å². The summed E-state index contributed by atoms with van der Waals surface area (Å²) in [5.41, 5.74) is 1.50. The van der Waals surface area contributed by atoms with Gasteiger partial charge in [-0.25, -0.2) is 9.59 Å². The van der Waals surface area contributed by atoms with Crippen molar-refractivity contribution in [1.29, 1.82) is 0 Å². The Labute approximate surface area is 179 Å². The zero-order chi connectivity index (χ0) is 22.6. The molecule has 0 amide bonds. The molecule has 6 atom stereocenters. The van der Waals surface area contributed by atoms with Crippen molar-refractivity contribution in [3.8, 4) is 0 Å². The lowest BCUT2D eigenvalue weighted by Crippen LogP contribution is -2.67. The molecule has 4 bridgehead atoms. The van der Waals surface area contributed by atoms with E-state index in [1.165, 1.54) is 6.08 Å². The van der Waals surface area contributed by atoms with Crippen LogP contribution >= 0.6 is 0 Å². The number of hydrogen-bond acceptors (Lipinski definition) is 5. The Bertz CT molecular complexity index is 870. The predicted octanol–water partition coefficient (Wildman–Crippen LogP) is 4.57. The molecular weight excluding hydrogens is 380 g/mol. The fourth-order valence-corrected chi connectivity index (χ4v) is 6.05. The number of ether oxygens (including phenoxy) is 2. The highest BCUT2D eigenvalue weighted by Crippen LogP contribution is 2.72. The highest BCUT2D eigenvalue weighted by Gasteiger charge is 2.74. The SMILES string of the molecule is C/C=C(/C)C(=O)O[C@@H]1C[C@@H](OC(=O)C=C(C)C)C(C)(C)[C@@H]2[C@H]3C(=O)C=C(C)[C@@H]2[C@]31C. The second-order valence-corrected chi connectivity index (χ2v) is 10.2. The number of rotatable bonds is 4. The molecule has 3 rings (SSSR count). The maximum Gasteiger partial charge on any atom is 0.333 e. The van der Waals surface area contributed by atoms with Gasteiger partial charge in [0.2, 0.25) is 0 Å². The van der Waals surface area contributed by atoms with E-state index in [1.54, 1.807) is 26.0 Å². The minimum atomic E-state index is -0.509. The van der Waals surface area contributed by atoms with E-state index in [1.807, 2.05) is 20.8 Å². The minimum absolute atomic E-state index is 0.0519. The van der Waals surface area contributed by atoms with Gasteiger partial charge < -0.3 is 9.47 Å². The molecule has 5 heteroatoms. The van der Waals surface area contributed by atoms with Gasteiger partial charge in [-0.15, -0.1) is 0 Å². The van der Waals surface area contributed by atoms with Gasteiger partial charge in [-0.3, -0.25) is 4.79 Å². The number of carbonyl (C=O) groups is 3. The van der Waals surface area contributed by atoms with E-state index in [-0.39, 0.29) is 29.5 Å². The van der Waals surface area contributed by atoms with E-state index in [4.69, 9.17) is 9.47 Å². The van der Waals surface area contributed by atoms with Crippen molar-refractivity contribution in [1.82, 2.24) is 0 Å². The predicted molar refractivity (Wildman–Crippen MR) is 114 cm³/mol. The molecule has 3 aliphatic carbocycles. The van der Waals surface area contributed by atoms with Gasteiger partial charge in [0.05, 0.1) is 0 Å². The van der Waals surface area contributed by atoms with Crippen LogP contribution in [0.25, 0.3) is 0 Å². The van der Waals surface area contributed by atoms with Gasteiger partial charge in [0.1, 0.15) is 12.2 Å². The number of esters is 2. The largest absolute Gasteiger partial charge is 0.458 e. The molecule has 0 radical (unpaired) electrons. The van der Waals surface area contributed by atoms with Crippen LogP contribution in [0.3, 0.4) is 0 Å². The number of hydrogen-bond donors (Lipinski definition) is 0. The molecule has 0 N–H and O–H groups in total. The summed E-state index contributed by atoms with van der Waals surface area (Å²) in [7, 11) is 0. The lowest BCUT2D eigenvalue weighted by atomic mass is 9.37. The lowest BCUT2D eigenvalue weighted by molar-refractivity contribution is -0.202. The maximum atomic E-state index is 13.1. The van der Waals surface area contributed by atoms with E-state index >= 15 is 0 Å². The van der Waals surface area contributed by atoms with E-state index < -0.39 is 29.0 Å². The zero-order valence-electron chi connectivity index (χ0n) is 19.4. The van der Waals surface area contributed by atoms with Gasteiger partial charge in [0.25, 0.3) is 0 Å². The van der Waals surface area contributed by atoms with Gasteiger partial charge in [0, 0.05) is 34.8 Å². The third kappa shape index (κ3) is 3.27. The first-order chi connectivity index (χ1) is 13.8. The van der Waals surface area contributed by atoms with Crippen molar-refractivity contribution in [2.45, 2.75) is 74.0 Å². The maximum absolute atomic E-state index is 13.1. The summed E-state index contributed by atoms with van der Waals surface area (Å²) in [5, 5.41) is 0. The summed E-state index contributed by atoms with van der Waals surface area (Å²) in [6.45, 7) is 15.4. The number of ketones is 1. The first-order valence-electron chi connectivity index (χ1n) is 10.8. The van der Waals surface area contributed by atoms with Crippen LogP contribution < -0.4 is 0 Å². The average Bonchev–Trinajstić information content (AvgIpc) is 2.72. The van der Waals surface area contributed by atoms with E-state index in [0.29, 0.717) is 12.0 Å². The van der Waals surface area contributed by atoms with Gasteiger partial charge >= 0.3 is 11.9 Å². The molecule has 0 aromatic rings. The minimum Gasteiger partial charge on any atom is -0.458 e. The van der Waals surface area contributed by atoms with Crippen molar-refractivity contribution in [2.24, 2.45) is 28.6 Å². The third-order valence-electron chi connectivity index (χ3n) is 7.71. The Morgan fingerprint density at radius 1 is 1.07 bits per heavy atom. The summed E-state index contributed by atoms with van der Waals surface area (Å²) in [5.74, 6) is -0.751. The van der Waals surface area contributed by atoms with Gasteiger partial charge in [0.15, 0.2) is 5.78 Å². The van der Waals surface area contributed by atoms with Crippen LogP contribution in [0.4, 0.5) is 0 Å². The first-order valence-corrected chi connectivity index (χ1v) is 10.8. The molecule has 0 unspecified atom stereocenters. The second-order valence-electron chi connectivity index (χ2n) is 10.2. The quantitative estimate of drug-likeness (QED) is 0.498. The zero-order valence-corrected chi connectivity index (χ0v) is 19.4. The molecule has 0 aromatic carbocycles. The van der Waals surface area contributed by atoms with E-state index in [9.17, 15) is 14.4 Å². The lowest BCUT2D eigenvalue weighted by Gasteiger charge is -2.65. The molecular formula is C25H34O5. The Morgan fingerprint density at radius 2 is 1.70 bits per heavy atom. The molecule has 30 heavy (non-hydrogen) atoms. The van der Waals surface area contributed by atoms with Crippen molar-refractivity contribution in [2.75, 3.05) is 0 Å². The van der Waals surface area contributed by atoms with E-state index in [2.05, 4.69) is 20.8 Å². The molecule has 0 saturated heterocycles. The molecule has 5 nitrogen and oxygen atoms in total. The Morgan fingerprint density at radius 3 is 2.23 bits per heavy atom. The Balaban J connectivity index is 2.05. The molecule has 2 saturated carbocycles. The molecule has 2 fully saturated rings. The van der Waals surface area contributed by atoms with Gasteiger partial charge in [-0.2, -0.15) is 0 Å². The van der Waals surface area contributed by atoms with Crippen LogP contribution in [0.5, 0.6) is 0 Å². The number of carbonyl (C=O) groups excluding carboxylic acids is 3. The van der Waals surface area contributed by atoms with Crippen LogP contribution in [-0.4, -0.2) is 29.9 Å². The van der Waals surface area contributed by atoms with Crippen molar-refractivity contribution in [3.63, 3.8) is 0 Å². The van der Waals surface area contributed by atoms with Crippen molar-refractivity contribution >= 4 is 17.7 Å². The molecule has 0 heterocycles. The van der Waals surface area contributed by atoms with Crippen molar-refractivity contribution < 1.29 is 23.9 Å². The molecule has 0 spiro atoms. The normalized spacial score (nSPS) is 36.7. The van der Waals surface area contributed by atoms with Crippen LogP contribution in [0.2, 0.25) is 0 Å². The second kappa shape index (κ2) is 7.51. The Kier molecular flexibility index (Phi) is 5.63. The number of allylic oxidation sites excluding steroid dienone is 4. The smallest absolute Gasteiger partial charge is 0.333 e. The fourth-order valence-electron chi connectivity index (χ4n) is 6.05. The molecule has 164 valence electrons. The standard InChI is InChI=1S/C25H34O5/c1-9-14(4)23(28)30-18-12-17(29-19(27)10-13(2)3)24(6,7)22-20-15(5)11-16(26)21(22)25(18,20)8/h9-11,17-18,20-22H,12H2,1-8H3/b14-9-/t17-,18-,20+,21-,22+,25-/m1/s1. The fraction of sp³-hybridized carbons (Fsp3) is 0.640. The van der Waals surface area contributed by atoms with Crippen LogP contribution in [0.15, 0.2) is 34.9 Å². The van der Waals surface area contributed by atoms with Crippen LogP contribution in [-0.2, 0) is 23.9 Å².